The molecular weight excluding hydrogens is 312 g/mol. The molecular formula is C17H15ClN4O. The van der Waals surface area contributed by atoms with Crippen LogP contribution in [0.1, 0.15) is 40.5 Å². The van der Waals surface area contributed by atoms with Gasteiger partial charge in [0.25, 0.3) is 5.91 Å². The second-order valence-corrected chi connectivity index (χ2v) is 6.63. The van der Waals surface area contributed by atoms with Crippen LogP contribution in [0.2, 0.25) is 5.02 Å². The predicted octanol–water partition coefficient (Wildman–Crippen LogP) is 3.10. The van der Waals surface area contributed by atoms with Gasteiger partial charge in [0.05, 0.1) is 24.2 Å². The van der Waals surface area contributed by atoms with Crippen LogP contribution < -0.4 is 0 Å². The number of hydrogen-bond donors (Lipinski definition) is 1. The quantitative estimate of drug-likeness (QED) is 0.875. The Morgan fingerprint density at radius 1 is 1.35 bits per heavy atom. The fourth-order valence-corrected chi connectivity index (χ4v) is 3.92. The molecule has 23 heavy (non-hydrogen) atoms. The molecule has 3 heterocycles. The Labute approximate surface area is 138 Å². The molecule has 4 rings (SSSR count). The molecule has 0 spiro atoms. The van der Waals surface area contributed by atoms with Crippen LogP contribution in [0.5, 0.6) is 0 Å². The molecule has 1 N–H and O–H groups in total. The SMILES string of the molecule is N#CC1CC2Cc3[nH]ncc3C(C1)N2C(=O)c1ccc(Cl)cc1. The van der Waals surface area contributed by atoms with Gasteiger partial charge in [-0.25, -0.2) is 0 Å². The van der Waals surface area contributed by atoms with E-state index in [0.717, 1.165) is 17.7 Å². The van der Waals surface area contributed by atoms with Crippen molar-refractivity contribution in [3.63, 3.8) is 0 Å². The standard InChI is InChI=1S/C17H15ClN4O/c18-12-3-1-11(2-4-12)17(23)22-13-5-10(8-19)6-16(22)14-9-20-21-15(14)7-13/h1-4,9-10,13,16H,5-7H2,(H,20,21). The van der Waals surface area contributed by atoms with E-state index in [4.69, 9.17) is 11.6 Å². The lowest BCUT2D eigenvalue weighted by Crippen LogP contribution is -2.51. The maximum atomic E-state index is 13.0. The zero-order chi connectivity index (χ0) is 16.0. The van der Waals surface area contributed by atoms with Crippen LogP contribution in [-0.2, 0) is 6.42 Å². The van der Waals surface area contributed by atoms with Gasteiger partial charge in [-0.3, -0.25) is 9.89 Å². The second-order valence-electron chi connectivity index (χ2n) is 6.19. The number of H-pyrrole nitrogens is 1. The third kappa shape index (κ3) is 2.30. The number of carbonyl (C=O) groups excluding carboxylic acids is 1. The van der Waals surface area contributed by atoms with Gasteiger partial charge < -0.3 is 4.90 Å². The van der Waals surface area contributed by atoms with Crippen molar-refractivity contribution < 1.29 is 4.79 Å². The molecule has 2 aliphatic heterocycles. The van der Waals surface area contributed by atoms with Gasteiger partial charge >= 0.3 is 0 Å². The highest BCUT2D eigenvalue weighted by Crippen LogP contribution is 2.44. The minimum absolute atomic E-state index is 0.0000866. The van der Waals surface area contributed by atoms with E-state index in [-0.39, 0.29) is 23.9 Å². The lowest BCUT2D eigenvalue weighted by Gasteiger charge is -2.47. The van der Waals surface area contributed by atoms with Crippen molar-refractivity contribution in [3.05, 3.63) is 52.3 Å². The summed E-state index contributed by atoms with van der Waals surface area (Å²) < 4.78 is 0. The highest BCUT2D eigenvalue weighted by Gasteiger charge is 2.44. The van der Waals surface area contributed by atoms with E-state index in [0.29, 0.717) is 23.4 Å². The van der Waals surface area contributed by atoms with Gasteiger partial charge in [0, 0.05) is 34.3 Å². The Bertz CT molecular complexity index is 792. The maximum absolute atomic E-state index is 13.0. The summed E-state index contributed by atoms with van der Waals surface area (Å²) >= 11 is 5.91. The molecule has 2 aliphatic rings. The number of piperidine rings is 1. The first-order valence-electron chi connectivity index (χ1n) is 7.67. The second kappa shape index (κ2) is 5.39. The first-order valence-corrected chi connectivity index (χ1v) is 8.05. The average Bonchev–Trinajstić information content (AvgIpc) is 3.02. The molecule has 2 bridgehead atoms. The fourth-order valence-electron chi connectivity index (χ4n) is 3.80. The van der Waals surface area contributed by atoms with E-state index < -0.39 is 0 Å². The zero-order valence-corrected chi connectivity index (χ0v) is 13.1. The van der Waals surface area contributed by atoms with Crippen molar-refractivity contribution in [2.24, 2.45) is 5.92 Å². The molecule has 5 nitrogen and oxygen atoms in total. The van der Waals surface area contributed by atoms with Gasteiger partial charge in [-0.15, -0.1) is 0 Å². The van der Waals surface area contributed by atoms with Crippen molar-refractivity contribution in [3.8, 4) is 6.07 Å². The van der Waals surface area contributed by atoms with Crippen molar-refractivity contribution in [2.45, 2.75) is 31.3 Å². The largest absolute Gasteiger partial charge is 0.328 e. The van der Waals surface area contributed by atoms with Crippen LogP contribution in [0.4, 0.5) is 0 Å². The zero-order valence-electron chi connectivity index (χ0n) is 12.4. The van der Waals surface area contributed by atoms with Crippen molar-refractivity contribution >= 4 is 17.5 Å². The van der Waals surface area contributed by atoms with Crippen LogP contribution in [0, 0.1) is 17.2 Å². The molecule has 1 aromatic carbocycles. The normalized spacial score (nSPS) is 25.6. The number of nitriles is 1. The highest BCUT2D eigenvalue weighted by molar-refractivity contribution is 6.30. The Kier molecular flexibility index (Phi) is 3.35. The molecule has 1 amide bonds. The molecule has 2 aromatic rings. The topological polar surface area (TPSA) is 72.8 Å². The minimum Gasteiger partial charge on any atom is -0.328 e. The van der Waals surface area contributed by atoms with Gasteiger partial charge in [-0.05, 0) is 37.1 Å². The smallest absolute Gasteiger partial charge is 0.254 e. The van der Waals surface area contributed by atoms with Gasteiger partial charge in [-0.1, -0.05) is 11.6 Å². The maximum Gasteiger partial charge on any atom is 0.254 e. The molecule has 3 unspecified atom stereocenters. The average molecular weight is 327 g/mol. The number of amides is 1. The van der Waals surface area contributed by atoms with Crippen molar-refractivity contribution in [1.29, 1.82) is 5.26 Å². The van der Waals surface area contributed by atoms with Crippen LogP contribution in [-0.4, -0.2) is 27.0 Å². The molecule has 0 radical (unpaired) electrons. The van der Waals surface area contributed by atoms with Crippen molar-refractivity contribution in [2.75, 3.05) is 0 Å². The number of rotatable bonds is 1. The Hall–Kier alpha value is -2.32. The van der Waals surface area contributed by atoms with E-state index in [1.165, 1.54) is 0 Å². The van der Waals surface area contributed by atoms with E-state index in [2.05, 4.69) is 16.3 Å². The lowest BCUT2D eigenvalue weighted by atomic mass is 9.77. The van der Waals surface area contributed by atoms with E-state index in [1.807, 2.05) is 4.90 Å². The third-order valence-electron chi connectivity index (χ3n) is 4.85. The molecule has 6 heteroatoms. The number of hydrogen-bond acceptors (Lipinski definition) is 3. The summed E-state index contributed by atoms with van der Waals surface area (Å²) in [6.07, 6.45) is 3.89. The summed E-state index contributed by atoms with van der Waals surface area (Å²) in [5, 5.41) is 17.1. The summed E-state index contributed by atoms with van der Waals surface area (Å²) in [5.41, 5.74) is 2.77. The van der Waals surface area contributed by atoms with Gasteiger partial charge in [0.2, 0.25) is 0 Å². The van der Waals surface area contributed by atoms with Gasteiger partial charge in [0.15, 0.2) is 0 Å². The number of benzene rings is 1. The molecule has 1 saturated heterocycles. The fraction of sp³-hybridized carbons (Fsp3) is 0.353. The van der Waals surface area contributed by atoms with E-state index in [9.17, 15) is 10.1 Å². The van der Waals surface area contributed by atoms with Crippen LogP contribution in [0.25, 0.3) is 0 Å². The van der Waals surface area contributed by atoms with Crippen LogP contribution >= 0.6 is 11.6 Å². The number of aromatic nitrogens is 2. The molecule has 0 saturated carbocycles. The van der Waals surface area contributed by atoms with E-state index >= 15 is 0 Å². The van der Waals surface area contributed by atoms with Gasteiger partial charge in [0.1, 0.15) is 0 Å². The monoisotopic (exact) mass is 326 g/mol. The van der Waals surface area contributed by atoms with Crippen molar-refractivity contribution in [1.82, 2.24) is 15.1 Å². The van der Waals surface area contributed by atoms with E-state index in [1.54, 1.807) is 30.5 Å². The molecule has 1 fully saturated rings. The summed E-state index contributed by atoms with van der Waals surface area (Å²) in [4.78, 5) is 15.0. The van der Waals surface area contributed by atoms with Crippen LogP contribution in [0.3, 0.4) is 0 Å². The summed E-state index contributed by atoms with van der Waals surface area (Å²) in [6.45, 7) is 0. The third-order valence-corrected chi connectivity index (χ3v) is 5.10. The lowest BCUT2D eigenvalue weighted by molar-refractivity contribution is 0.0334. The molecule has 1 aromatic heterocycles. The number of nitrogens with zero attached hydrogens (tertiary/aromatic N) is 3. The summed E-state index contributed by atoms with van der Waals surface area (Å²) in [6, 6.07) is 9.31. The minimum atomic E-state index is -0.0796. The molecule has 3 atom stereocenters. The Morgan fingerprint density at radius 2 is 2.13 bits per heavy atom. The highest BCUT2D eigenvalue weighted by atomic mass is 35.5. The number of halogens is 1. The number of fused-ring (bicyclic) bond motifs is 4. The molecule has 116 valence electrons. The Morgan fingerprint density at radius 3 is 2.87 bits per heavy atom. The number of aromatic amines is 1. The molecule has 0 aliphatic carbocycles. The van der Waals surface area contributed by atoms with Crippen LogP contribution in [0.15, 0.2) is 30.5 Å². The Balaban J connectivity index is 1.72. The first-order chi connectivity index (χ1) is 11.2. The summed E-state index contributed by atoms with van der Waals surface area (Å²) in [5.74, 6) is -0.0118. The summed E-state index contributed by atoms with van der Waals surface area (Å²) in [7, 11) is 0. The number of nitrogens with one attached hydrogen (secondary N) is 1. The number of carbonyl (C=O) groups is 1. The predicted molar refractivity (Wildman–Crippen MR) is 84.8 cm³/mol. The van der Waals surface area contributed by atoms with Gasteiger partial charge in [-0.2, -0.15) is 10.4 Å². The first kappa shape index (κ1) is 14.3.